The van der Waals surface area contributed by atoms with Crippen LogP contribution in [0, 0.1) is 13.8 Å². The molecule has 2 rings (SSSR count). The summed E-state index contributed by atoms with van der Waals surface area (Å²) >= 11 is 3.31. The molecule has 0 aliphatic heterocycles. The number of hydrogen-bond acceptors (Lipinski definition) is 3. The van der Waals surface area contributed by atoms with E-state index in [-0.39, 0.29) is 0 Å². The highest BCUT2D eigenvalue weighted by atomic mass is 79.9. The number of pyridine rings is 1. The first-order valence-corrected chi connectivity index (χ1v) is 6.01. The predicted molar refractivity (Wildman–Crippen MR) is 72.3 cm³/mol. The molecular weight excluding hydrogens is 280 g/mol. The van der Waals surface area contributed by atoms with Crippen molar-refractivity contribution in [2.75, 3.05) is 5.73 Å². The van der Waals surface area contributed by atoms with Gasteiger partial charge in [-0.3, -0.25) is 0 Å². The number of rotatable bonds is 2. The van der Waals surface area contributed by atoms with Crippen molar-refractivity contribution in [2.45, 2.75) is 13.8 Å². The van der Waals surface area contributed by atoms with Gasteiger partial charge >= 0.3 is 0 Å². The summed E-state index contributed by atoms with van der Waals surface area (Å²) in [4.78, 5) is 4.15. The van der Waals surface area contributed by atoms with Crippen molar-refractivity contribution in [3.8, 4) is 11.6 Å². The quantitative estimate of drug-likeness (QED) is 0.915. The summed E-state index contributed by atoms with van der Waals surface area (Å²) in [6.45, 7) is 4.01. The molecule has 0 amide bonds. The Bertz CT molecular complexity index is 555. The molecule has 1 aromatic carbocycles. The van der Waals surface area contributed by atoms with E-state index in [0.717, 1.165) is 21.3 Å². The molecule has 0 aliphatic carbocycles. The fourth-order valence-corrected chi connectivity index (χ4v) is 1.80. The van der Waals surface area contributed by atoms with E-state index in [4.69, 9.17) is 10.5 Å². The van der Waals surface area contributed by atoms with E-state index in [9.17, 15) is 0 Å². The first-order chi connectivity index (χ1) is 8.06. The van der Waals surface area contributed by atoms with Crippen LogP contribution < -0.4 is 10.5 Å². The fourth-order valence-electron chi connectivity index (χ4n) is 1.45. The van der Waals surface area contributed by atoms with Gasteiger partial charge in [-0.25, -0.2) is 4.98 Å². The topological polar surface area (TPSA) is 48.1 Å². The predicted octanol–water partition coefficient (Wildman–Crippen LogP) is 3.84. The molecular formula is C13H13BrN2O. The van der Waals surface area contributed by atoms with Gasteiger partial charge in [0.2, 0.25) is 5.88 Å². The number of anilines is 1. The van der Waals surface area contributed by atoms with E-state index in [0.29, 0.717) is 11.6 Å². The standard InChI is InChI=1S/C13H13BrN2O/c1-8-3-4-9(2)12(5-8)17-13-11(15)6-10(14)7-16-13/h3-7H,15H2,1-2H3. The Morgan fingerprint density at radius 2 is 2.00 bits per heavy atom. The zero-order valence-corrected chi connectivity index (χ0v) is 11.3. The summed E-state index contributed by atoms with van der Waals surface area (Å²) < 4.78 is 6.56. The summed E-state index contributed by atoms with van der Waals surface area (Å²) in [7, 11) is 0. The summed E-state index contributed by atoms with van der Waals surface area (Å²) in [5.41, 5.74) is 8.55. The van der Waals surface area contributed by atoms with Crippen LogP contribution in [0.4, 0.5) is 5.69 Å². The smallest absolute Gasteiger partial charge is 0.242 e. The molecule has 2 aromatic rings. The average molecular weight is 293 g/mol. The molecule has 2 N–H and O–H groups in total. The summed E-state index contributed by atoms with van der Waals surface area (Å²) in [6, 6.07) is 7.80. The second kappa shape index (κ2) is 4.75. The van der Waals surface area contributed by atoms with E-state index in [1.165, 1.54) is 0 Å². The number of nitrogens with two attached hydrogens (primary N) is 1. The van der Waals surface area contributed by atoms with Gasteiger partial charge in [0, 0.05) is 10.7 Å². The van der Waals surface area contributed by atoms with Crippen LogP contribution in [0.2, 0.25) is 0 Å². The van der Waals surface area contributed by atoms with Crippen LogP contribution in [0.15, 0.2) is 34.9 Å². The number of aromatic nitrogens is 1. The normalized spacial score (nSPS) is 10.3. The summed E-state index contributed by atoms with van der Waals surface area (Å²) in [5, 5.41) is 0. The average Bonchev–Trinajstić information content (AvgIpc) is 2.27. The van der Waals surface area contributed by atoms with E-state index < -0.39 is 0 Å². The van der Waals surface area contributed by atoms with Crippen molar-refractivity contribution in [1.82, 2.24) is 4.98 Å². The van der Waals surface area contributed by atoms with Gasteiger partial charge in [0.15, 0.2) is 0 Å². The lowest BCUT2D eigenvalue weighted by Crippen LogP contribution is -1.96. The molecule has 1 aromatic heterocycles. The monoisotopic (exact) mass is 292 g/mol. The second-order valence-corrected chi connectivity index (χ2v) is 4.83. The van der Waals surface area contributed by atoms with Crippen molar-refractivity contribution in [2.24, 2.45) is 0 Å². The number of aryl methyl sites for hydroxylation is 2. The Morgan fingerprint density at radius 1 is 1.24 bits per heavy atom. The maximum Gasteiger partial charge on any atom is 0.242 e. The van der Waals surface area contributed by atoms with E-state index in [1.54, 1.807) is 12.3 Å². The van der Waals surface area contributed by atoms with Crippen LogP contribution in [0.25, 0.3) is 0 Å². The molecule has 1 heterocycles. The number of halogens is 1. The minimum Gasteiger partial charge on any atom is -0.437 e. The SMILES string of the molecule is Cc1ccc(C)c(Oc2ncc(Br)cc2N)c1. The minimum absolute atomic E-state index is 0.432. The first kappa shape index (κ1) is 11.9. The van der Waals surface area contributed by atoms with E-state index in [2.05, 4.69) is 20.9 Å². The maximum atomic E-state index is 5.84. The highest BCUT2D eigenvalue weighted by molar-refractivity contribution is 9.10. The molecule has 17 heavy (non-hydrogen) atoms. The number of nitrogens with zero attached hydrogens (tertiary/aromatic N) is 1. The van der Waals surface area contributed by atoms with Crippen LogP contribution in [0.5, 0.6) is 11.6 Å². The van der Waals surface area contributed by atoms with Gasteiger partial charge < -0.3 is 10.5 Å². The summed E-state index contributed by atoms with van der Waals surface area (Å²) in [5.74, 6) is 1.22. The van der Waals surface area contributed by atoms with Crippen LogP contribution in [0.1, 0.15) is 11.1 Å². The van der Waals surface area contributed by atoms with E-state index >= 15 is 0 Å². The van der Waals surface area contributed by atoms with E-state index in [1.807, 2.05) is 32.0 Å². The molecule has 0 aliphatic rings. The molecule has 3 nitrogen and oxygen atoms in total. The Morgan fingerprint density at radius 3 is 2.71 bits per heavy atom. The highest BCUT2D eigenvalue weighted by Gasteiger charge is 2.06. The van der Waals surface area contributed by atoms with Crippen molar-refractivity contribution in [3.05, 3.63) is 46.1 Å². The van der Waals surface area contributed by atoms with Gasteiger partial charge in [-0.05, 0) is 53.0 Å². The van der Waals surface area contributed by atoms with Gasteiger partial charge in [0.1, 0.15) is 5.75 Å². The Hall–Kier alpha value is -1.55. The molecule has 0 atom stereocenters. The zero-order chi connectivity index (χ0) is 12.4. The molecule has 4 heteroatoms. The lowest BCUT2D eigenvalue weighted by atomic mass is 10.1. The van der Waals surface area contributed by atoms with Gasteiger partial charge in [0.25, 0.3) is 0 Å². The van der Waals surface area contributed by atoms with Crippen LogP contribution in [0.3, 0.4) is 0 Å². The van der Waals surface area contributed by atoms with Crippen LogP contribution >= 0.6 is 15.9 Å². The van der Waals surface area contributed by atoms with Crippen molar-refractivity contribution >= 4 is 21.6 Å². The fraction of sp³-hybridized carbons (Fsp3) is 0.154. The molecule has 0 saturated carbocycles. The Kier molecular flexibility index (Phi) is 3.33. The maximum absolute atomic E-state index is 5.84. The lowest BCUT2D eigenvalue weighted by Gasteiger charge is -2.10. The van der Waals surface area contributed by atoms with Gasteiger partial charge in [-0.1, -0.05) is 12.1 Å². The third-order valence-corrected chi connectivity index (χ3v) is 2.83. The summed E-state index contributed by atoms with van der Waals surface area (Å²) in [6.07, 6.45) is 1.66. The van der Waals surface area contributed by atoms with Gasteiger partial charge in [-0.15, -0.1) is 0 Å². The van der Waals surface area contributed by atoms with Gasteiger partial charge in [0.05, 0.1) is 5.69 Å². The molecule has 0 fully saturated rings. The van der Waals surface area contributed by atoms with Crippen LogP contribution in [-0.2, 0) is 0 Å². The van der Waals surface area contributed by atoms with Crippen molar-refractivity contribution < 1.29 is 4.74 Å². The zero-order valence-electron chi connectivity index (χ0n) is 9.70. The third kappa shape index (κ3) is 2.77. The Labute approximate surface area is 109 Å². The largest absolute Gasteiger partial charge is 0.437 e. The highest BCUT2D eigenvalue weighted by Crippen LogP contribution is 2.29. The number of nitrogen functional groups attached to an aromatic ring is 1. The molecule has 0 unspecified atom stereocenters. The number of ether oxygens (including phenoxy) is 1. The third-order valence-electron chi connectivity index (χ3n) is 2.40. The number of hydrogen-bond donors (Lipinski definition) is 1. The minimum atomic E-state index is 0.432. The lowest BCUT2D eigenvalue weighted by molar-refractivity contribution is 0.461. The number of benzene rings is 1. The van der Waals surface area contributed by atoms with Crippen LogP contribution in [-0.4, -0.2) is 4.98 Å². The molecule has 0 radical (unpaired) electrons. The molecule has 88 valence electrons. The molecule has 0 spiro atoms. The first-order valence-electron chi connectivity index (χ1n) is 5.22. The second-order valence-electron chi connectivity index (χ2n) is 3.92. The van der Waals surface area contributed by atoms with Gasteiger partial charge in [-0.2, -0.15) is 0 Å². The molecule has 0 saturated heterocycles. The Balaban J connectivity index is 2.34. The van der Waals surface area contributed by atoms with Crippen molar-refractivity contribution in [1.29, 1.82) is 0 Å². The molecule has 0 bridgehead atoms. The van der Waals surface area contributed by atoms with Crippen molar-refractivity contribution in [3.63, 3.8) is 0 Å².